The van der Waals surface area contributed by atoms with Gasteiger partial charge in [-0.15, -0.1) is 5.10 Å². The number of hydrogen-bond acceptors (Lipinski definition) is 5. The Hall–Kier alpha value is -3.75. The van der Waals surface area contributed by atoms with E-state index in [1.165, 1.54) is 0 Å². The molecule has 3 aromatic carbocycles. The molecule has 4 aromatic rings. The number of fused-ring (bicyclic) bond motifs is 1. The number of carbonyl (C=O) groups is 1. The zero-order valence-electron chi connectivity index (χ0n) is 19.6. The molecule has 1 fully saturated rings. The summed E-state index contributed by atoms with van der Waals surface area (Å²) in [5.74, 6) is 0.0566. The molecule has 2 heterocycles. The van der Waals surface area contributed by atoms with Gasteiger partial charge in [0.25, 0.3) is 5.91 Å². The standard InChI is InChI=1S/C27H28FN5O2/c1-35-22-7-3-5-20(15-22)25(17-33-12-10-29-11-13-33)30-27(34)21-6-2-4-18(14-21)19-8-9-24-23(16-19)26(28)32-31-24/h2-9,14-16,25,29H,10-13,17H2,1H3,(H,30,34)(H,31,32). The van der Waals surface area contributed by atoms with Gasteiger partial charge in [0.05, 0.1) is 24.1 Å². The van der Waals surface area contributed by atoms with Gasteiger partial charge >= 0.3 is 0 Å². The van der Waals surface area contributed by atoms with E-state index >= 15 is 0 Å². The maximum Gasteiger partial charge on any atom is 0.251 e. The number of ether oxygens (including phenoxy) is 1. The molecule has 0 spiro atoms. The van der Waals surface area contributed by atoms with E-state index in [0.717, 1.165) is 48.6 Å². The minimum absolute atomic E-state index is 0.162. The van der Waals surface area contributed by atoms with Gasteiger partial charge in [-0.1, -0.05) is 30.3 Å². The van der Waals surface area contributed by atoms with E-state index in [2.05, 4.69) is 25.7 Å². The Morgan fingerprint density at radius 2 is 1.89 bits per heavy atom. The smallest absolute Gasteiger partial charge is 0.251 e. The third-order valence-electron chi connectivity index (χ3n) is 6.43. The van der Waals surface area contributed by atoms with Crippen LogP contribution in [0.2, 0.25) is 0 Å². The molecule has 1 atom stereocenters. The number of methoxy groups -OCH3 is 1. The van der Waals surface area contributed by atoms with Gasteiger partial charge in [0.15, 0.2) is 0 Å². The summed E-state index contributed by atoms with van der Waals surface area (Å²) >= 11 is 0. The number of aromatic amines is 1. The minimum atomic E-state index is -0.537. The largest absolute Gasteiger partial charge is 0.497 e. The Bertz CT molecular complexity index is 1330. The fourth-order valence-corrected chi connectivity index (χ4v) is 4.49. The van der Waals surface area contributed by atoms with Crippen LogP contribution in [-0.4, -0.2) is 60.8 Å². The third kappa shape index (κ3) is 5.18. The molecule has 0 aliphatic carbocycles. The lowest BCUT2D eigenvalue weighted by Gasteiger charge is -2.31. The van der Waals surface area contributed by atoms with Crippen molar-refractivity contribution in [2.24, 2.45) is 0 Å². The van der Waals surface area contributed by atoms with Crippen LogP contribution in [0.4, 0.5) is 4.39 Å². The first-order valence-electron chi connectivity index (χ1n) is 11.7. The van der Waals surface area contributed by atoms with Gasteiger partial charge in [-0.05, 0) is 53.1 Å². The molecule has 1 aliphatic rings. The molecule has 1 aliphatic heterocycles. The lowest BCUT2D eigenvalue weighted by Crippen LogP contribution is -2.47. The lowest BCUT2D eigenvalue weighted by atomic mass is 10.0. The Labute approximate surface area is 203 Å². The number of piperazine rings is 1. The van der Waals surface area contributed by atoms with Crippen molar-refractivity contribution < 1.29 is 13.9 Å². The molecule has 8 heteroatoms. The molecule has 3 N–H and O–H groups in total. The van der Waals surface area contributed by atoms with E-state index in [4.69, 9.17) is 4.74 Å². The van der Waals surface area contributed by atoms with Gasteiger partial charge in [0, 0.05) is 38.3 Å². The molecule has 0 radical (unpaired) electrons. The van der Waals surface area contributed by atoms with Crippen LogP contribution in [-0.2, 0) is 0 Å². The number of benzene rings is 3. The van der Waals surface area contributed by atoms with Crippen molar-refractivity contribution in [3.05, 3.63) is 83.8 Å². The number of aromatic nitrogens is 2. The van der Waals surface area contributed by atoms with Crippen molar-refractivity contribution in [2.75, 3.05) is 39.8 Å². The lowest BCUT2D eigenvalue weighted by molar-refractivity contribution is 0.0921. The first-order chi connectivity index (χ1) is 17.1. The molecule has 0 bridgehead atoms. The number of amides is 1. The molecule has 180 valence electrons. The van der Waals surface area contributed by atoms with E-state index in [0.29, 0.717) is 23.0 Å². The highest BCUT2D eigenvalue weighted by atomic mass is 19.1. The topological polar surface area (TPSA) is 82.3 Å². The predicted molar refractivity (Wildman–Crippen MR) is 134 cm³/mol. The average molecular weight is 474 g/mol. The number of halogens is 1. The van der Waals surface area contributed by atoms with Crippen LogP contribution in [0.15, 0.2) is 66.7 Å². The molecule has 1 aromatic heterocycles. The Morgan fingerprint density at radius 1 is 1.09 bits per heavy atom. The number of rotatable bonds is 7. The molecule has 1 unspecified atom stereocenters. The SMILES string of the molecule is COc1cccc(C(CN2CCNCC2)NC(=O)c2cccc(-c3ccc4[nH]nc(F)c4c3)c2)c1. The maximum atomic E-state index is 14.0. The van der Waals surface area contributed by atoms with Crippen molar-refractivity contribution >= 4 is 16.8 Å². The third-order valence-corrected chi connectivity index (χ3v) is 6.43. The Kier molecular flexibility index (Phi) is 6.74. The molecule has 0 saturated carbocycles. The molecule has 7 nitrogen and oxygen atoms in total. The molecule has 35 heavy (non-hydrogen) atoms. The van der Waals surface area contributed by atoms with Crippen molar-refractivity contribution in [3.8, 4) is 16.9 Å². The van der Waals surface area contributed by atoms with Gasteiger partial charge in [-0.3, -0.25) is 14.8 Å². The van der Waals surface area contributed by atoms with Crippen LogP contribution < -0.4 is 15.4 Å². The van der Waals surface area contributed by atoms with Gasteiger partial charge in [0.2, 0.25) is 5.95 Å². The number of nitrogens with zero attached hydrogens (tertiary/aromatic N) is 2. The highest BCUT2D eigenvalue weighted by Gasteiger charge is 2.21. The fourth-order valence-electron chi connectivity index (χ4n) is 4.49. The zero-order valence-corrected chi connectivity index (χ0v) is 19.6. The van der Waals surface area contributed by atoms with Crippen molar-refractivity contribution in [3.63, 3.8) is 0 Å². The van der Waals surface area contributed by atoms with Crippen LogP contribution in [0.3, 0.4) is 0 Å². The summed E-state index contributed by atoms with van der Waals surface area (Å²) in [6.07, 6.45) is 0. The van der Waals surface area contributed by atoms with Crippen LogP contribution in [0.5, 0.6) is 5.75 Å². The molecule has 5 rings (SSSR count). The molecular formula is C27H28FN5O2. The zero-order chi connectivity index (χ0) is 24.2. The minimum Gasteiger partial charge on any atom is -0.497 e. The highest BCUT2D eigenvalue weighted by Crippen LogP contribution is 2.26. The molecule has 1 amide bonds. The van der Waals surface area contributed by atoms with Crippen molar-refractivity contribution in [1.82, 2.24) is 25.7 Å². The van der Waals surface area contributed by atoms with Gasteiger partial charge in [-0.25, -0.2) is 0 Å². The Morgan fingerprint density at radius 3 is 2.71 bits per heavy atom. The number of carbonyl (C=O) groups excluding carboxylic acids is 1. The van der Waals surface area contributed by atoms with Crippen molar-refractivity contribution in [1.29, 1.82) is 0 Å². The normalized spacial score (nSPS) is 15.1. The summed E-state index contributed by atoms with van der Waals surface area (Å²) in [5.41, 5.74) is 3.82. The first kappa shape index (κ1) is 23.0. The van der Waals surface area contributed by atoms with E-state index < -0.39 is 5.95 Å². The highest BCUT2D eigenvalue weighted by molar-refractivity contribution is 5.96. The van der Waals surface area contributed by atoms with Crippen molar-refractivity contribution in [2.45, 2.75) is 6.04 Å². The van der Waals surface area contributed by atoms with E-state index in [1.807, 2.05) is 48.5 Å². The van der Waals surface area contributed by atoms with Gasteiger partial charge < -0.3 is 15.4 Å². The number of nitrogens with one attached hydrogen (secondary N) is 3. The summed E-state index contributed by atoms with van der Waals surface area (Å²) < 4.78 is 19.4. The van der Waals surface area contributed by atoms with Gasteiger partial charge in [-0.2, -0.15) is 4.39 Å². The molecular weight excluding hydrogens is 445 g/mol. The summed E-state index contributed by atoms with van der Waals surface area (Å²) in [6, 6.07) is 20.4. The number of hydrogen-bond donors (Lipinski definition) is 3. The Balaban J connectivity index is 1.40. The second-order valence-corrected chi connectivity index (χ2v) is 8.71. The second-order valence-electron chi connectivity index (χ2n) is 8.71. The fraction of sp³-hybridized carbons (Fsp3) is 0.259. The van der Waals surface area contributed by atoms with Crippen LogP contribution in [0.1, 0.15) is 22.0 Å². The maximum absolute atomic E-state index is 14.0. The van der Waals surface area contributed by atoms with E-state index in [1.54, 1.807) is 25.3 Å². The summed E-state index contributed by atoms with van der Waals surface area (Å²) in [6.45, 7) is 4.43. The van der Waals surface area contributed by atoms with Gasteiger partial charge in [0.1, 0.15) is 5.75 Å². The second kappa shape index (κ2) is 10.2. The molecule has 1 saturated heterocycles. The summed E-state index contributed by atoms with van der Waals surface area (Å²) in [7, 11) is 1.64. The summed E-state index contributed by atoms with van der Waals surface area (Å²) in [4.78, 5) is 15.7. The average Bonchev–Trinajstić information content (AvgIpc) is 3.29. The van der Waals surface area contributed by atoms with E-state index in [9.17, 15) is 9.18 Å². The van der Waals surface area contributed by atoms with Crippen LogP contribution in [0, 0.1) is 5.95 Å². The van der Waals surface area contributed by atoms with E-state index in [-0.39, 0.29) is 11.9 Å². The quantitative estimate of drug-likeness (QED) is 0.381. The predicted octanol–water partition coefficient (Wildman–Crippen LogP) is 3.75. The van der Waals surface area contributed by atoms with Crippen LogP contribution >= 0.6 is 0 Å². The van der Waals surface area contributed by atoms with Crippen LogP contribution in [0.25, 0.3) is 22.0 Å². The first-order valence-corrected chi connectivity index (χ1v) is 11.7. The summed E-state index contributed by atoms with van der Waals surface area (Å²) in [5, 5.41) is 13.3. The monoisotopic (exact) mass is 473 g/mol. The number of H-pyrrole nitrogens is 1.